The van der Waals surface area contributed by atoms with Crippen molar-refractivity contribution in [3.05, 3.63) is 82.9 Å². The minimum atomic E-state index is -0.691. The number of hydrogen-bond acceptors (Lipinski definition) is 7. The van der Waals surface area contributed by atoms with Crippen LogP contribution < -0.4 is 10.8 Å². The van der Waals surface area contributed by atoms with E-state index in [9.17, 15) is 9.59 Å². The fourth-order valence-electron chi connectivity index (χ4n) is 4.71. The van der Waals surface area contributed by atoms with Gasteiger partial charge in [0.15, 0.2) is 0 Å². The summed E-state index contributed by atoms with van der Waals surface area (Å²) in [5.41, 5.74) is 6.07. The summed E-state index contributed by atoms with van der Waals surface area (Å²) in [7, 11) is 0. The molecule has 3 heterocycles. The van der Waals surface area contributed by atoms with E-state index in [4.69, 9.17) is 14.7 Å². The topological polar surface area (TPSA) is 113 Å². The number of rotatable bonds is 6. The number of nitrogens with zero attached hydrogens (tertiary/aromatic N) is 2. The summed E-state index contributed by atoms with van der Waals surface area (Å²) in [6.07, 6.45) is 1.27. The fourth-order valence-corrected chi connectivity index (χ4v) is 4.71. The lowest BCUT2D eigenvalue weighted by Gasteiger charge is -2.26. The van der Waals surface area contributed by atoms with Gasteiger partial charge in [0.05, 0.1) is 18.9 Å². The third kappa shape index (κ3) is 7.31. The summed E-state index contributed by atoms with van der Waals surface area (Å²) in [5, 5.41) is 12.0. The van der Waals surface area contributed by atoms with Crippen molar-refractivity contribution in [3.8, 4) is 23.1 Å². The lowest BCUT2D eigenvalue weighted by Crippen LogP contribution is -2.35. The van der Waals surface area contributed by atoms with Crippen LogP contribution in [0.25, 0.3) is 11.3 Å². The molecule has 0 bridgehead atoms. The Bertz CT molecular complexity index is 1380. The zero-order chi connectivity index (χ0) is 27.7. The Morgan fingerprint density at radius 2 is 1.52 bits per heavy atom. The number of carbonyl (C=O) groups excluding carboxylic acids is 2. The second-order valence-electron chi connectivity index (χ2n) is 9.86. The number of ether oxygens (including phenoxy) is 2. The Morgan fingerprint density at radius 3 is 2.17 bits per heavy atom. The highest BCUT2D eigenvalue weighted by Crippen LogP contribution is 2.24. The van der Waals surface area contributed by atoms with Gasteiger partial charge in [-0.2, -0.15) is 0 Å². The number of hydroxylamine groups is 1. The number of nitrogens with one attached hydrogen (secondary N) is 2. The van der Waals surface area contributed by atoms with Crippen molar-refractivity contribution in [1.29, 1.82) is 0 Å². The molecule has 2 aromatic carbocycles. The summed E-state index contributed by atoms with van der Waals surface area (Å²) in [5.74, 6) is 5.62. The summed E-state index contributed by atoms with van der Waals surface area (Å²) in [6.45, 7) is 5.48. The summed E-state index contributed by atoms with van der Waals surface area (Å²) < 4.78 is 10.7. The minimum absolute atomic E-state index is 0.164. The molecule has 9 nitrogen and oxygen atoms in total. The Balaban J connectivity index is 1.28. The molecule has 2 amide bonds. The third-order valence-corrected chi connectivity index (χ3v) is 7.03. The first-order valence-corrected chi connectivity index (χ1v) is 13.4. The highest BCUT2D eigenvalue weighted by Gasteiger charge is 2.22. The van der Waals surface area contributed by atoms with Gasteiger partial charge in [0.1, 0.15) is 5.82 Å². The van der Waals surface area contributed by atoms with Gasteiger partial charge in [0.25, 0.3) is 5.91 Å². The van der Waals surface area contributed by atoms with Crippen LogP contribution >= 0.6 is 0 Å². The molecule has 2 aliphatic heterocycles. The van der Waals surface area contributed by atoms with E-state index >= 15 is 0 Å². The standard InChI is InChI=1S/C31H32N4O5/c36-30(26-11-15-39-16-12-26)33-29-20-27(31(37)34-38)19-28(32-29)25-9-7-23(8-10-25)2-1-22-3-5-24(6-4-22)21-35-13-17-40-18-14-35/h3-10,19-20,26,38H,11-18,21H2,(H,34,37)(H,32,33,36). The lowest BCUT2D eigenvalue weighted by molar-refractivity contribution is -0.122. The monoisotopic (exact) mass is 540 g/mol. The highest BCUT2D eigenvalue weighted by molar-refractivity contribution is 5.97. The maximum atomic E-state index is 12.7. The fraction of sp³-hybridized carbons (Fsp3) is 0.323. The van der Waals surface area contributed by atoms with Gasteiger partial charge < -0.3 is 14.8 Å². The van der Waals surface area contributed by atoms with E-state index in [1.807, 2.05) is 36.4 Å². The number of hydrogen-bond donors (Lipinski definition) is 3. The van der Waals surface area contributed by atoms with E-state index in [-0.39, 0.29) is 23.2 Å². The van der Waals surface area contributed by atoms with Crippen molar-refractivity contribution in [2.45, 2.75) is 19.4 Å². The first-order valence-electron chi connectivity index (χ1n) is 13.4. The average molecular weight is 541 g/mol. The molecule has 5 rings (SSSR count). The van der Waals surface area contributed by atoms with Crippen LogP contribution in [0.15, 0.2) is 60.7 Å². The zero-order valence-corrected chi connectivity index (χ0v) is 22.2. The SMILES string of the molecule is O=C(NO)c1cc(NC(=O)C2CCOCC2)nc(-c2ccc(C#Cc3ccc(CN4CCOCC4)cc3)cc2)c1. The highest BCUT2D eigenvalue weighted by atomic mass is 16.5. The molecule has 2 saturated heterocycles. The van der Waals surface area contributed by atoms with E-state index in [0.29, 0.717) is 31.7 Å². The van der Waals surface area contributed by atoms with E-state index in [1.54, 1.807) is 11.5 Å². The first-order chi connectivity index (χ1) is 19.6. The van der Waals surface area contributed by atoms with Gasteiger partial charge in [-0.05, 0) is 54.8 Å². The van der Waals surface area contributed by atoms with Crippen molar-refractivity contribution in [3.63, 3.8) is 0 Å². The van der Waals surface area contributed by atoms with Crippen molar-refractivity contribution in [1.82, 2.24) is 15.4 Å². The molecule has 3 aromatic rings. The number of anilines is 1. The second kappa shape index (κ2) is 13.3. The van der Waals surface area contributed by atoms with E-state index in [2.05, 4.69) is 39.2 Å². The lowest BCUT2D eigenvalue weighted by atomic mass is 9.99. The molecule has 0 saturated carbocycles. The number of benzene rings is 2. The Kier molecular flexibility index (Phi) is 9.16. The average Bonchev–Trinajstić information content (AvgIpc) is 3.01. The molecule has 3 N–H and O–H groups in total. The number of aromatic nitrogens is 1. The normalized spacial score (nSPS) is 16.0. The van der Waals surface area contributed by atoms with Gasteiger partial charge in [-0.25, -0.2) is 10.5 Å². The summed E-state index contributed by atoms with van der Waals surface area (Å²) in [6, 6.07) is 18.8. The van der Waals surface area contributed by atoms with Gasteiger partial charge in [-0.15, -0.1) is 0 Å². The zero-order valence-electron chi connectivity index (χ0n) is 22.2. The Hall–Kier alpha value is -4.07. The predicted molar refractivity (Wildman–Crippen MR) is 150 cm³/mol. The number of pyridine rings is 1. The number of morpholine rings is 1. The summed E-state index contributed by atoms with van der Waals surface area (Å²) >= 11 is 0. The van der Waals surface area contributed by atoms with Crippen LogP contribution in [-0.4, -0.2) is 66.4 Å². The number of amides is 2. The molecule has 0 spiro atoms. The Labute approximate surface area is 233 Å². The van der Waals surface area contributed by atoms with Crippen LogP contribution in [0.4, 0.5) is 5.82 Å². The Morgan fingerprint density at radius 1 is 0.900 bits per heavy atom. The summed E-state index contributed by atoms with van der Waals surface area (Å²) in [4.78, 5) is 31.9. The molecule has 40 heavy (non-hydrogen) atoms. The van der Waals surface area contributed by atoms with E-state index in [0.717, 1.165) is 49.5 Å². The minimum Gasteiger partial charge on any atom is -0.381 e. The maximum absolute atomic E-state index is 12.7. The van der Waals surface area contributed by atoms with Gasteiger partial charge >= 0.3 is 0 Å². The maximum Gasteiger partial charge on any atom is 0.274 e. The first kappa shape index (κ1) is 27.5. The molecule has 9 heteroatoms. The van der Waals surface area contributed by atoms with E-state index in [1.165, 1.54) is 11.6 Å². The van der Waals surface area contributed by atoms with Crippen molar-refractivity contribution in [2.24, 2.45) is 5.92 Å². The van der Waals surface area contributed by atoms with Crippen LogP contribution in [0.1, 0.15) is 39.9 Å². The van der Waals surface area contributed by atoms with E-state index < -0.39 is 5.91 Å². The molecule has 2 fully saturated rings. The van der Waals surface area contributed by atoms with Crippen LogP contribution in [0.5, 0.6) is 0 Å². The smallest absolute Gasteiger partial charge is 0.274 e. The van der Waals surface area contributed by atoms with Crippen LogP contribution in [-0.2, 0) is 20.8 Å². The molecule has 1 aromatic heterocycles. The largest absolute Gasteiger partial charge is 0.381 e. The van der Waals surface area contributed by atoms with Gasteiger partial charge in [0, 0.05) is 61.0 Å². The van der Waals surface area contributed by atoms with Gasteiger partial charge in [-0.3, -0.25) is 19.7 Å². The third-order valence-electron chi connectivity index (χ3n) is 7.03. The quantitative estimate of drug-likeness (QED) is 0.249. The number of carbonyl (C=O) groups is 2. The van der Waals surface area contributed by atoms with Crippen LogP contribution in [0.3, 0.4) is 0 Å². The van der Waals surface area contributed by atoms with Crippen molar-refractivity contribution in [2.75, 3.05) is 44.8 Å². The molecule has 0 aliphatic carbocycles. The molecule has 0 atom stereocenters. The van der Waals surface area contributed by atoms with Crippen molar-refractivity contribution < 1.29 is 24.3 Å². The molecular weight excluding hydrogens is 508 g/mol. The second-order valence-corrected chi connectivity index (χ2v) is 9.86. The van der Waals surface area contributed by atoms with Gasteiger partial charge in [0.2, 0.25) is 5.91 Å². The van der Waals surface area contributed by atoms with Crippen LogP contribution in [0.2, 0.25) is 0 Å². The molecular formula is C31H32N4O5. The van der Waals surface area contributed by atoms with Crippen LogP contribution in [0, 0.1) is 17.8 Å². The molecule has 0 radical (unpaired) electrons. The van der Waals surface area contributed by atoms with Gasteiger partial charge in [-0.1, -0.05) is 36.1 Å². The predicted octanol–water partition coefficient (Wildman–Crippen LogP) is 3.46. The molecule has 0 unspecified atom stereocenters. The molecule has 2 aliphatic rings. The van der Waals surface area contributed by atoms with Crippen molar-refractivity contribution >= 4 is 17.6 Å². The molecule has 206 valence electrons.